The molecule has 3 N–H and O–H groups in total. The van der Waals surface area contributed by atoms with Crippen molar-refractivity contribution in [3.8, 4) is 0 Å². The Morgan fingerprint density at radius 1 is 1.57 bits per heavy atom. The average molecular weight is 191 g/mol. The highest BCUT2D eigenvalue weighted by Gasteiger charge is 2.06. The van der Waals surface area contributed by atoms with Crippen molar-refractivity contribution in [3.63, 3.8) is 0 Å². The van der Waals surface area contributed by atoms with Gasteiger partial charge in [0.2, 0.25) is 0 Å². The van der Waals surface area contributed by atoms with Crippen LogP contribution in [0.5, 0.6) is 0 Å². The number of aromatic carboxylic acids is 1. The molecule has 0 aliphatic rings. The molecule has 1 aromatic rings. The molecule has 74 valence electrons. The van der Waals surface area contributed by atoms with Gasteiger partial charge >= 0.3 is 5.97 Å². The number of carboxylic acids is 1. The number of benzene rings is 1. The number of aryl methyl sites for hydroxylation is 1. The molecule has 1 rings (SSSR count). The molecule has 3 heteroatoms. The van der Waals surface area contributed by atoms with E-state index in [-0.39, 0.29) is 0 Å². The first-order valence-electron chi connectivity index (χ1n) is 4.35. The van der Waals surface area contributed by atoms with Crippen LogP contribution in [-0.4, -0.2) is 17.6 Å². The largest absolute Gasteiger partial charge is 0.478 e. The van der Waals surface area contributed by atoms with Crippen molar-refractivity contribution in [2.75, 3.05) is 6.54 Å². The quantitative estimate of drug-likeness (QED) is 0.763. The summed E-state index contributed by atoms with van der Waals surface area (Å²) in [4.78, 5) is 10.8. The van der Waals surface area contributed by atoms with Gasteiger partial charge in [-0.3, -0.25) is 0 Å². The lowest BCUT2D eigenvalue weighted by atomic mass is 10.0. The average Bonchev–Trinajstić information content (AvgIpc) is 2.14. The van der Waals surface area contributed by atoms with Gasteiger partial charge in [0.1, 0.15) is 0 Å². The summed E-state index contributed by atoms with van der Waals surface area (Å²) in [7, 11) is 0. The van der Waals surface area contributed by atoms with Crippen LogP contribution < -0.4 is 5.73 Å². The van der Waals surface area contributed by atoms with Gasteiger partial charge < -0.3 is 10.8 Å². The molecule has 14 heavy (non-hydrogen) atoms. The normalized spacial score (nSPS) is 10.7. The van der Waals surface area contributed by atoms with E-state index in [0.29, 0.717) is 17.7 Å². The van der Waals surface area contributed by atoms with Gasteiger partial charge in [-0.15, -0.1) is 0 Å². The van der Waals surface area contributed by atoms with Crippen LogP contribution in [0.3, 0.4) is 0 Å². The summed E-state index contributed by atoms with van der Waals surface area (Å²) in [5.74, 6) is -0.915. The SMILES string of the molecule is Cc1ccc(C(=O)O)c(C=CCN)c1. The molecule has 0 unspecified atom stereocenters. The van der Waals surface area contributed by atoms with E-state index < -0.39 is 5.97 Å². The van der Waals surface area contributed by atoms with Crippen LogP contribution in [0.4, 0.5) is 0 Å². The van der Waals surface area contributed by atoms with E-state index in [2.05, 4.69) is 0 Å². The summed E-state index contributed by atoms with van der Waals surface area (Å²) in [6.07, 6.45) is 3.47. The van der Waals surface area contributed by atoms with Crippen molar-refractivity contribution in [2.24, 2.45) is 5.73 Å². The number of hydrogen-bond donors (Lipinski definition) is 2. The Labute approximate surface area is 82.9 Å². The van der Waals surface area contributed by atoms with Gasteiger partial charge in [0.25, 0.3) is 0 Å². The fraction of sp³-hybridized carbons (Fsp3) is 0.182. The van der Waals surface area contributed by atoms with E-state index >= 15 is 0 Å². The smallest absolute Gasteiger partial charge is 0.336 e. The van der Waals surface area contributed by atoms with E-state index in [1.54, 1.807) is 24.3 Å². The molecule has 0 saturated heterocycles. The Bertz CT molecular complexity index is 370. The van der Waals surface area contributed by atoms with Crippen molar-refractivity contribution in [1.29, 1.82) is 0 Å². The van der Waals surface area contributed by atoms with Gasteiger partial charge in [-0.1, -0.05) is 29.8 Å². The van der Waals surface area contributed by atoms with Crippen LogP contribution in [0.2, 0.25) is 0 Å². The highest BCUT2D eigenvalue weighted by Crippen LogP contribution is 2.13. The zero-order valence-electron chi connectivity index (χ0n) is 8.03. The third kappa shape index (κ3) is 2.44. The van der Waals surface area contributed by atoms with Crippen LogP contribution in [0.1, 0.15) is 21.5 Å². The van der Waals surface area contributed by atoms with E-state index in [0.717, 1.165) is 5.56 Å². The molecule has 0 spiro atoms. The maximum absolute atomic E-state index is 10.8. The maximum atomic E-state index is 10.8. The van der Waals surface area contributed by atoms with Crippen LogP contribution in [0.25, 0.3) is 6.08 Å². The molecule has 0 radical (unpaired) electrons. The second kappa shape index (κ2) is 4.58. The number of nitrogens with two attached hydrogens (primary N) is 1. The van der Waals surface area contributed by atoms with Gasteiger partial charge in [0.15, 0.2) is 0 Å². The Hall–Kier alpha value is -1.61. The predicted octanol–water partition coefficient (Wildman–Crippen LogP) is 1.67. The molecule has 0 saturated carbocycles. The lowest BCUT2D eigenvalue weighted by molar-refractivity contribution is 0.0696. The van der Waals surface area contributed by atoms with Crippen LogP contribution in [-0.2, 0) is 0 Å². The van der Waals surface area contributed by atoms with Crippen LogP contribution in [0, 0.1) is 6.92 Å². The Morgan fingerprint density at radius 3 is 2.86 bits per heavy atom. The van der Waals surface area contributed by atoms with Gasteiger partial charge in [0, 0.05) is 6.54 Å². The zero-order chi connectivity index (χ0) is 10.6. The molecule has 0 fully saturated rings. The molecule has 0 atom stereocenters. The van der Waals surface area contributed by atoms with Gasteiger partial charge in [-0.25, -0.2) is 4.79 Å². The lowest BCUT2D eigenvalue weighted by Gasteiger charge is -2.02. The fourth-order valence-corrected chi connectivity index (χ4v) is 1.21. The summed E-state index contributed by atoms with van der Waals surface area (Å²) < 4.78 is 0. The lowest BCUT2D eigenvalue weighted by Crippen LogP contribution is -2.00. The highest BCUT2D eigenvalue weighted by atomic mass is 16.4. The van der Waals surface area contributed by atoms with Crippen LogP contribution in [0.15, 0.2) is 24.3 Å². The van der Waals surface area contributed by atoms with Crippen molar-refractivity contribution < 1.29 is 9.90 Å². The predicted molar refractivity (Wildman–Crippen MR) is 56.2 cm³/mol. The number of rotatable bonds is 3. The molecule has 0 amide bonds. The zero-order valence-corrected chi connectivity index (χ0v) is 8.03. The van der Waals surface area contributed by atoms with E-state index in [1.807, 2.05) is 13.0 Å². The highest BCUT2D eigenvalue weighted by molar-refractivity contribution is 5.92. The van der Waals surface area contributed by atoms with Crippen molar-refractivity contribution in [2.45, 2.75) is 6.92 Å². The van der Waals surface area contributed by atoms with Crippen LogP contribution >= 0.6 is 0 Å². The van der Waals surface area contributed by atoms with Crippen molar-refractivity contribution >= 4 is 12.0 Å². The minimum atomic E-state index is -0.915. The number of hydrogen-bond acceptors (Lipinski definition) is 2. The molecule has 0 bridgehead atoms. The van der Waals surface area contributed by atoms with E-state index in [9.17, 15) is 4.79 Å². The Kier molecular flexibility index (Phi) is 3.42. The number of carbonyl (C=O) groups is 1. The monoisotopic (exact) mass is 191 g/mol. The summed E-state index contributed by atoms with van der Waals surface area (Å²) in [6.45, 7) is 2.33. The van der Waals surface area contributed by atoms with Gasteiger partial charge in [0.05, 0.1) is 5.56 Å². The van der Waals surface area contributed by atoms with Gasteiger partial charge in [-0.2, -0.15) is 0 Å². The molecular weight excluding hydrogens is 178 g/mol. The molecular formula is C11H13NO2. The molecule has 3 nitrogen and oxygen atoms in total. The summed E-state index contributed by atoms with van der Waals surface area (Å²) in [5.41, 5.74) is 7.34. The molecule has 1 aromatic carbocycles. The summed E-state index contributed by atoms with van der Waals surface area (Å²) in [5, 5.41) is 8.89. The first kappa shape index (κ1) is 10.5. The third-order valence-corrected chi connectivity index (χ3v) is 1.87. The molecule has 0 aliphatic carbocycles. The molecule has 0 aliphatic heterocycles. The standard InChI is InChI=1S/C11H13NO2/c1-8-4-5-10(11(13)14)9(7-8)3-2-6-12/h2-5,7H,6,12H2,1H3,(H,13,14). The minimum Gasteiger partial charge on any atom is -0.478 e. The van der Waals surface area contributed by atoms with E-state index in [1.165, 1.54) is 0 Å². The first-order valence-corrected chi connectivity index (χ1v) is 4.35. The van der Waals surface area contributed by atoms with Crippen molar-refractivity contribution in [3.05, 3.63) is 41.0 Å². The first-order chi connectivity index (χ1) is 6.65. The Balaban J connectivity index is 3.15. The maximum Gasteiger partial charge on any atom is 0.336 e. The fourth-order valence-electron chi connectivity index (χ4n) is 1.21. The molecule has 0 heterocycles. The second-order valence-electron chi connectivity index (χ2n) is 3.03. The second-order valence-corrected chi connectivity index (χ2v) is 3.03. The summed E-state index contributed by atoms with van der Waals surface area (Å²) >= 11 is 0. The van der Waals surface area contributed by atoms with Gasteiger partial charge in [-0.05, 0) is 18.6 Å². The molecule has 0 aromatic heterocycles. The number of carboxylic acid groups (broad SMARTS) is 1. The minimum absolute atomic E-state index is 0.306. The third-order valence-electron chi connectivity index (χ3n) is 1.87. The summed E-state index contributed by atoms with van der Waals surface area (Å²) in [6, 6.07) is 5.21. The Morgan fingerprint density at radius 2 is 2.29 bits per heavy atom. The van der Waals surface area contributed by atoms with E-state index in [4.69, 9.17) is 10.8 Å². The topological polar surface area (TPSA) is 63.3 Å². The van der Waals surface area contributed by atoms with Crippen molar-refractivity contribution in [1.82, 2.24) is 0 Å².